The second-order valence-electron chi connectivity index (χ2n) is 5.23. The fourth-order valence-corrected chi connectivity index (χ4v) is 2.19. The summed E-state index contributed by atoms with van der Waals surface area (Å²) in [5.74, 6) is 1.06. The summed E-state index contributed by atoms with van der Waals surface area (Å²) in [6, 6.07) is 9.81. The molecule has 0 aliphatic rings. The van der Waals surface area contributed by atoms with Crippen LogP contribution < -0.4 is 15.8 Å². The Balaban J connectivity index is 1.72. The summed E-state index contributed by atoms with van der Waals surface area (Å²) in [5.41, 5.74) is 6.83. The van der Waals surface area contributed by atoms with Crippen molar-refractivity contribution < 1.29 is 17.9 Å². The van der Waals surface area contributed by atoms with Gasteiger partial charge in [-0.1, -0.05) is 12.1 Å². The molecule has 0 amide bonds. The number of fused-ring (bicyclic) bond motifs is 1. The minimum Gasteiger partial charge on any atom is -0.484 e. The zero-order valence-corrected chi connectivity index (χ0v) is 12.9. The molecular weight excluding hydrogens is 335 g/mol. The van der Waals surface area contributed by atoms with Crippen LogP contribution in [-0.2, 0) is 6.54 Å². The number of ether oxygens (including phenoxy) is 1. The number of rotatable bonds is 5. The number of hydrogen-bond acceptors (Lipinski definition) is 6. The van der Waals surface area contributed by atoms with E-state index in [0.29, 0.717) is 29.2 Å². The Morgan fingerprint density at radius 1 is 1.12 bits per heavy atom. The van der Waals surface area contributed by atoms with Gasteiger partial charge in [0.2, 0.25) is 0 Å². The molecule has 3 N–H and O–H groups in total. The fourth-order valence-electron chi connectivity index (χ4n) is 2.19. The maximum atomic E-state index is 12.2. The summed E-state index contributed by atoms with van der Waals surface area (Å²) in [4.78, 5) is 12.3. The molecule has 0 aliphatic carbocycles. The Hall–Kier alpha value is -3.10. The van der Waals surface area contributed by atoms with E-state index in [9.17, 15) is 13.2 Å². The first-order valence-corrected chi connectivity index (χ1v) is 7.30. The van der Waals surface area contributed by atoms with Crippen molar-refractivity contribution in [1.82, 2.24) is 15.0 Å². The Morgan fingerprint density at radius 2 is 1.96 bits per heavy atom. The Morgan fingerprint density at radius 3 is 2.76 bits per heavy atom. The maximum absolute atomic E-state index is 12.2. The van der Waals surface area contributed by atoms with Crippen LogP contribution in [0.3, 0.4) is 0 Å². The molecule has 2 heterocycles. The predicted molar refractivity (Wildman–Crippen MR) is 87.1 cm³/mol. The molecule has 3 rings (SSSR count). The molecule has 0 aliphatic heterocycles. The topological polar surface area (TPSA) is 86.0 Å². The average molecular weight is 349 g/mol. The molecule has 0 saturated carbocycles. The van der Waals surface area contributed by atoms with Crippen molar-refractivity contribution >= 4 is 22.7 Å². The first kappa shape index (κ1) is 16.7. The van der Waals surface area contributed by atoms with Crippen molar-refractivity contribution in [3.05, 3.63) is 48.3 Å². The third-order valence-electron chi connectivity index (χ3n) is 3.28. The normalized spacial score (nSPS) is 11.5. The zero-order chi connectivity index (χ0) is 17.9. The van der Waals surface area contributed by atoms with Gasteiger partial charge in [-0.15, -0.1) is 0 Å². The molecule has 0 unspecified atom stereocenters. The molecule has 0 saturated heterocycles. The molecular formula is C16H14F3N5O. The van der Waals surface area contributed by atoms with E-state index in [4.69, 9.17) is 10.5 Å². The maximum Gasteiger partial charge on any atom is 0.422 e. The van der Waals surface area contributed by atoms with Gasteiger partial charge in [0.05, 0.1) is 5.39 Å². The van der Waals surface area contributed by atoms with Crippen LogP contribution in [0.1, 0.15) is 5.56 Å². The number of anilines is 2. The standard InChI is InChI=1S/C16H14F3N5O/c17-16(18,19)8-25-11-3-1-2-10(6-11)7-21-14-12-4-5-13(20)24-15(12)23-9-22-14/h1-6,9H,7-8H2,(H3,20,21,22,23,24). The molecule has 130 valence electrons. The van der Waals surface area contributed by atoms with E-state index in [1.807, 2.05) is 0 Å². The van der Waals surface area contributed by atoms with E-state index in [-0.39, 0.29) is 5.75 Å². The molecule has 0 spiro atoms. The van der Waals surface area contributed by atoms with Gasteiger partial charge in [-0.3, -0.25) is 0 Å². The first-order chi connectivity index (χ1) is 11.9. The van der Waals surface area contributed by atoms with Crippen LogP contribution in [0.15, 0.2) is 42.7 Å². The van der Waals surface area contributed by atoms with E-state index in [0.717, 1.165) is 5.56 Å². The van der Waals surface area contributed by atoms with Crippen molar-refractivity contribution in [2.75, 3.05) is 17.7 Å². The van der Waals surface area contributed by atoms with E-state index in [1.54, 1.807) is 30.3 Å². The number of nitrogen functional groups attached to an aromatic ring is 1. The van der Waals surface area contributed by atoms with Gasteiger partial charge in [0.1, 0.15) is 23.7 Å². The van der Waals surface area contributed by atoms with E-state index in [2.05, 4.69) is 20.3 Å². The van der Waals surface area contributed by atoms with Crippen LogP contribution in [0.2, 0.25) is 0 Å². The van der Waals surface area contributed by atoms with Crippen LogP contribution in [0.4, 0.5) is 24.8 Å². The summed E-state index contributed by atoms with van der Waals surface area (Å²) >= 11 is 0. The molecule has 1 aromatic carbocycles. The molecule has 25 heavy (non-hydrogen) atoms. The average Bonchev–Trinajstić information content (AvgIpc) is 2.57. The number of pyridine rings is 1. The quantitative estimate of drug-likeness (QED) is 0.736. The lowest BCUT2D eigenvalue weighted by Gasteiger charge is -2.11. The molecule has 2 aromatic heterocycles. The predicted octanol–water partition coefficient (Wildman–Crippen LogP) is 3.16. The van der Waals surface area contributed by atoms with Crippen LogP contribution >= 0.6 is 0 Å². The highest BCUT2D eigenvalue weighted by Gasteiger charge is 2.28. The largest absolute Gasteiger partial charge is 0.484 e. The summed E-state index contributed by atoms with van der Waals surface area (Å²) in [5, 5.41) is 3.81. The highest BCUT2D eigenvalue weighted by Crippen LogP contribution is 2.22. The van der Waals surface area contributed by atoms with Crippen LogP contribution in [-0.4, -0.2) is 27.7 Å². The Kier molecular flexibility index (Phi) is 4.55. The van der Waals surface area contributed by atoms with Gasteiger partial charge in [-0.25, -0.2) is 15.0 Å². The highest BCUT2D eigenvalue weighted by molar-refractivity contribution is 5.87. The van der Waals surface area contributed by atoms with Crippen molar-refractivity contribution in [3.63, 3.8) is 0 Å². The minimum atomic E-state index is -4.37. The lowest BCUT2D eigenvalue weighted by Crippen LogP contribution is -2.19. The van der Waals surface area contributed by atoms with Gasteiger partial charge in [0, 0.05) is 6.54 Å². The number of nitrogens with two attached hydrogens (primary N) is 1. The van der Waals surface area contributed by atoms with Gasteiger partial charge in [0.15, 0.2) is 12.3 Å². The third-order valence-corrected chi connectivity index (χ3v) is 3.28. The van der Waals surface area contributed by atoms with Gasteiger partial charge in [-0.05, 0) is 29.8 Å². The monoisotopic (exact) mass is 349 g/mol. The SMILES string of the molecule is Nc1ccc2c(NCc3cccc(OCC(F)(F)F)c3)ncnc2n1. The number of benzene rings is 1. The molecule has 6 nitrogen and oxygen atoms in total. The zero-order valence-electron chi connectivity index (χ0n) is 12.9. The summed E-state index contributed by atoms with van der Waals surface area (Å²) in [6.07, 6.45) is -3.01. The molecule has 0 atom stereocenters. The number of hydrogen-bond donors (Lipinski definition) is 2. The van der Waals surface area contributed by atoms with Crippen molar-refractivity contribution in [3.8, 4) is 5.75 Å². The van der Waals surface area contributed by atoms with Gasteiger partial charge in [-0.2, -0.15) is 13.2 Å². The van der Waals surface area contributed by atoms with Gasteiger partial charge >= 0.3 is 6.18 Å². The van der Waals surface area contributed by atoms with Crippen LogP contribution in [0.5, 0.6) is 5.75 Å². The number of aromatic nitrogens is 3. The van der Waals surface area contributed by atoms with Crippen LogP contribution in [0.25, 0.3) is 11.0 Å². The Bertz CT molecular complexity index is 885. The number of halogens is 3. The van der Waals surface area contributed by atoms with Crippen LogP contribution in [0, 0.1) is 0 Å². The summed E-state index contributed by atoms with van der Waals surface area (Å²) < 4.78 is 41.4. The third kappa shape index (κ3) is 4.46. The van der Waals surface area contributed by atoms with E-state index in [1.165, 1.54) is 12.4 Å². The molecule has 0 radical (unpaired) electrons. The number of nitrogens with zero attached hydrogens (tertiary/aromatic N) is 3. The molecule has 3 aromatic rings. The summed E-state index contributed by atoms with van der Waals surface area (Å²) in [7, 11) is 0. The van der Waals surface area contributed by atoms with Gasteiger partial charge < -0.3 is 15.8 Å². The molecule has 0 fully saturated rings. The fraction of sp³-hybridized carbons (Fsp3) is 0.188. The smallest absolute Gasteiger partial charge is 0.422 e. The second kappa shape index (κ2) is 6.80. The lowest BCUT2D eigenvalue weighted by atomic mass is 10.2. The highest BCUT2D eigenvalue weighted by atomic mass is 19.4. The van der Waals surface area contributed by atoms with E-state index < -0.39 is 12.8 Å². The van der Waals surface area contributed by atoms with E-state index >= 15 is 0 Å². The second-order valence-corrected chi connectivity index (χ2v) is 5.23. The number of nitrogens with one attached hydrogen (secondary N) is 1. The van der Waals surface area contributed by atoms with Crippen molar-refractivity contribution in [2.24, 2.45) is 0 Å². The number of alkyl halides is 3. The minimum absolute atomic E-state index is 0.151. The molecule has 0 bridgehead atoms. The lowest BCUT2D eigenvalue weighted by molar-refractivity contribution is -0.153. The van der Waals surface area contributed by atoms with Gasteiger partial charge in [0.25, 0.3) is 0 Å². The van der Waals surface area contributed by atoms with Crippen molar-refractivity contribution in [1.29, 1.82) is 0 Å². The molecule has 9 heteroatoms. The Labute approximate surface area is 140 Å². The van der Waals surface area contributed by atoms with Crippen molar-refractivity contribution in [2.45, 2.75) is 12.7 Å². The first-order valence-electron chi connectivity index (χ1n) is 7.30. The summed E-state index contributed by atoms with van der Waals surface area (Å²) in [6.45, 7) is -0.979.